The molecular weight excluding hydrogens is 242 g/mol. The molecule has 1 aliphatic heterocycles. The first-order chi connectivity index (χ1) is 8.68. The summed E-state index contributed by atoms with van der Waals surface area (Å²) in [5.41, 5.74) is 3.51. The van der Waals surface area contributed by atoms with Crippen molar-refractivity contribution in [3.63, 3.8) is 0 Å². The Morgan fingerprint density at radius 1 is 1.28 bits per heavy atom. The van der Waals surface area contributed by atoms with Gasteiger partial charge in [0.2, 0.25) is 5.91 Å². The van der Waals surface area contributed by atoms with Crippen molar-refractivity contribution in [3.8, 4) is 0 Å². The van der Waals surface area contributed by atoms with Gasteiger partial charge in [0.05, 0.1) is 5.92 Å². The lowest BCUT2D eigenvalue weighted by Gasteiger charge is -2.10. The van der Waals surface area contributed by atoms with E-state index in [1.807, 2.05) is 25.2 Å². The number of anilines is 1. The number of amides is 1. The maximum absolute atomic E-state index is 12.3. The predicted octanol–water partition coefficient (Wildman–Crippen LogP) is 3.36. The molecule has 3 heteroatoms. The van der Waals surface area contributed by atoms with Crippen molar-refractivity contribution >= 4 is 22.9 Å². The molecule has 2 nitrogen and oxygen atoms in total. The van der Waals surface area contributed by atoms with Gasteiger partial charge in [0.15, 0.2) is 0 Å². The molecule has 1 amide bonds. The second kappa shape index (κ2) is 4.25. The lowest BCUT2D eigenvalue weighted by molar-refractivity contribution is -0.119. The Balaban J connectivity index is 1.98. The standard InChI is InChI=1S/C15H15NOS/c1-10-7-8-18-14(10)9-12-11-5-3-4-6-13(11)16(2)15(12)17/h3-8,12H,9H2,1-2H3/t12-/m0/s1. The fraction of sp³-hybridized carbons (Fsp3) is 0.267. The Morgan fingerprint density at radius 3 is 2.78 bits per heavy atom. The third-order valence-corrected chi connectivity index (χ3v) is 4.71. The zero-order chi connectivity index (χ0) is 12.7. The number of nitrogens with zero attached hydrogens (tertiary/aromatic N) is 1. The predicted molar refractivity (Wildman–Crippen MR) is 75.4 cm³/mol. The first kappa shape index (κ1) is 11.5. The van der Waals surface area contributed by atoms with Crippen molar-refractivity contribution < 1.29 is 4.79 Å². The van der Waals surface area contributed by atoms with Gasteiger partial charge < -0.3 is 4.90 Å². The van der Waals surface area contributed by atoms with E-state index in [-0.39, 0.29) is 11.8 Å². The Labute approximate surface area is 111 Å². The SMILES string of the molecule is Cc1ccsc1C[C@@H]1C(=O)N(C)c2ccccc21. The molecule has 1 aliphatic rings. The number of hydrogen-bond donors (Lipinski definition) is 0. The molecule has 92 valence electrons. The summed E-state index contributed by atoms with van der Waals surface area (Å²) in [6.07, 6.45) is 0.823. The molecule has 0 saturated carbocycles. The summed E-state index contributed by atoms with van der Waals surface area (Å²) < 4.78 is 0. The van der Waals surface area contributed by atoms with E-state index in [0.29, 0.717) is 0 Å². The van der Waals surface area contributed by atoms with Crippen LogP contribution in [0.25, 0.3) is 0 Å². The van der Waals surface area contributed by atoms with Crippen molar-refractivity contribution in [2.24, 2.45) is 0 Å². The normalized spacial score (nSPS) is 18.2. The minimum absolute atomic E-state index is 0.0106. The molecule has 0 saturated heterocycles. The lowest BCUT2D eigenvalue weighted by atomic mass is 9.95. The van der Waals surface area contributed by atoms with Gasteiger partial charge in [0.25, 0.3) is 0 Å². The van der Waals surface area contributed by atoms with Gasteiger partial charge in [-0.15, -0.1) is 11.3 Å². The van der Waals surface area contributed by atoms with Crippen molar-refractivity contribution in [2.45, 2.75) is 19.3 Å². The average molecular weight is 257 g/mol. The number of benzene rings is 1. The van der Waals surface area contributed by atoms with Crippen LogP contribution in [0.4, 0.5) is 5.69 Å². The summed E-state index contributed by atoms with van der Waals surface area (Å²) in [5.74, 6) is 0.201. The van der Waals surface area contributed by atoms with Gasteiger partial charge in [-0.2, -0.15) is 0 Å². The number of aryl methyl sites for hydroxylation is 1. The van der Waals surface area contributed by atoms with Gasteiger partial charge >= 0.3 is 0 Å². The smallest absolute Gasteiger partial charge is 0.234 e. The third-order valence-electron chi connectivity index (χ3n) is 3.66. The molecular formula is C15H15NOS. The Kier molecular flexibility index (Phi) is 2.71. The molecule has 0 fully saturated rings. The summed E-state index contributed by atoms with van der Waals surface area (Å²) in [6.45, 7) is 2.11. The van der Waals surface area contributed by atoms with E-state index >= 15 is 0 Å². The number of carbonyl (C=O) groups excluding carboxylic acids is 1. The van der Waals surface area contributed by atoms with Crippen LogP contribution in [0.1, 0.15) is 21.9 Å². The monoisotopic (exact) mass is 257 g/mol. The van der Waals surface area contributed by atoms with Crippen LogP contribution in [0.15, 0.2) is 35.7 Å². The molecule has 1 atom stereocenters. The molecule has 0 bridgehead atoms. The molecule has 0 aliphatic carbocycles. The highest BCUT2D eigenvalue weighted by Gasteiger charge is 2.35. The van der Waals surface area contributed by atoms with Crippen molar-refractivity contribution in [1.82, 2.24) is 0 Å². The average Bonchev–Trinajstić information content (AvgIpc) is 2.88. The van der Waals surface area contributed by atoms with Gasteiger partial charge in [-0.25, -0.2) is 0 Å². The molecule has 0 unspecified atom stereocenters. The van der Waals surface area contributed by atoms with Crippen LogP contribution in [-0.2, 0) is 11.2 Å². The van der Waals surface area contributed by atoms with E-state index in [9.17, 15) is 4.79 Å². The van der Waals surface area contributed by atoms with Gasteiger partial charge in [0.1, 0.15) is 0 Å². The van der Waals surface area contributed by atoms with E-state index in [2.05, 4.69) is 24.4 Å². The van der Waals surface area contributed by atoms with Gasteiger partial charge in [-0.1, -0.05) is 18.2 Å². The first-order valence-corrected chi connectivity index (χ1v) is 6.96. The number of hydrogen-bond acceptors (Lipinski definition) is 2. The molecule has 2 heterocycles. The van der Waals surface area contributed by atoms with Gasteiger partial charge in [0, 0.05) is 17.6 Å². The Bertz CT molecular complexity index is 602. The van der Waals surface area contributed by atoms with E-state index in [4.69, 9.17) is 0 Å². The summed E-state index contributed by atoms with van der Waals surface area (Å²) in [7, 11) is 1.86. The van der Waals surface area contributed by atoms with Crippen LogP contribution < -0.4 is 4.90 Å². The molecule has 0 radical (unpaired) electrons. The zero-order valence-corrected chi connectivity index (χ0v) is 11.3. The van der Waals surface area contributed by atoms with Crippen molar-refractivity contribution in [2.75, 3.05) is 11.9 Å². The van der Waals surface area contributed by atoms with Gasteiger partial charge in [-0.3, -0.25) is 4.79 Å². The summed E-state index contributed by atoms with van der Waals surface area (Å²) in [5, 5.41) is 2.10. The summed E-state index contributed by atoms with van der Waals surface area (Å²) >= 11 is 1.74. The second-order valence-electron chi connectivity index (χ2n) is 4.74. The molecule has 0 N–H and O–H groups in total. The maximum Gasteiger partial charge on any atom is 0.234 e. The van der Waals surface area contributed by atoms with Crippen molar-refractivity contribution in [1.29, 1.82) is 0 Å². The number of rotatable bonds is 2. The van der Waals surface area contributed by atoms with Crippen LogP contribution in [-0.4, -0.2) is 13.0 Å². The van der Waals surface area contributed by atoms with E-state index in [0.717, 1.165) is 17.7 Å². The zero-order valence-electron chi connectivity index (χ0n) is 10.5. The number of thiophene rings is 1. The van der Waals surface area contributed by atoms with E-state index in [1.165, 1.54) is 10.4 Å². The number of fused-ring (bicyclic) bond motifs is 1. The number of carbonyl (C=O) groups is 1. The summed E-state index contributed by atoms with van der Waals surface area (Å²) in [4.78, 5) is 15.4. The third kappa shape index (κ3) is 1.66. The molecule has 3 rings (SSSR count). The van der Waals surface area contributed by atoms with Crippen LogP contribution in [0, 0.1) is 6.92 Å². The number of likely N-dealkylation sites (N-methyl/N-ethyl adjacent to an activating group) is 1. The molecule has 1 aromatic heterocycles. The summed E-state index contributed by atoms with van der Waals surface area (Å²) in [6, 6.07) is 10.2. The fourth-order valence-electron chi connectivity index (χ4n) is 2.57. The Hall–Kier alpha value is -1.61. The highest BCUT2D eigenvalue weighted by molar-refractivity contribution is 7.10. The highest BCUT2D eigenvalue weighted by Crippen LogP contribution is 2.39. The lowest BCUT2D eigenvalue weighted by Crippen LogP contribution is -2.24. The fourth-order valence-corrected chi connectivity index (χ4v) is 3.52. The molecule has 1 aromatic carbocycles. The van der Waals surface area contributed by atoms with E-state index < -0.39 is 0 Å². The van der Waals surface area contributed by atoms with E-state index in [1.54, 1.807) is 16.2 Å². The van der Waals surface area contributed by atoms with Crippen molar-refractivity contribution in [3.05, 3.63) is 51.7 Å². The largest absolute Gasteiger partial charge is 0.315 e. The maximum atomic E-state index is 12.3. The highest BCUT2D eigenvalue weighted by atomic mass is 32.1. The number of para-hydroxylation sites is 1. The van der Waals surface area contributed by atoms with Crippen LogP contribution >= 0.6 is 11.3 Å². The quantitative estimate of drug-likeness (QED) is 0.808. The molecule has 0 spiro atoms. The minimum atomic E-state index is -0.0106. The minimum Gasteiger partial charge on any atom is -0.315 e. The second-order valence-corrected chi connectivity index (χ2v) is 5.74. The van der Waals surface area contributed by atoms with Crippen LogP contribution in [0.2, 0.25) is 0 Å². The van der Waals surface area contributed by atoms with Gasteiger partial charge in [-0.05, 0) is 42.0 Å². The topological polar surface area (TPSA) is 20.3 Å². The molecule has 18 heavy (non-hydrogen) atoms. The molecule has 2 aromatic rings. The van der Waals surface area contributed by atoms with Crippen LogP contribution in [0.3, 0.4) is 0 Å². The Morgan fingerprint density at radius 2 is 2.06 bits per heavy atom. The van der Waals surface area contributed by atoms with Crippen LogP contribution in [0.5, 0.6) is 0 Å². The first-order valence-electron chi connectivity index (χ1n) is 6.08.